The number of aromatic amines is 1. The van der Waals surface area contributed by atoms with Crippen LogP contribution in [0.5, 0.6) is 0 Å². The van der Waals surface area contributed by atoms with Gasteiger partial charge in [-0.3, -0.25) is 9.78 Å². The van der Waals surface area contributed by atoms with Gasteiger partial charge in [0.2, 0.25) is 0 Å². The number of amides is 1. The molecule has 2 aromatic carbocycles. The molecule has 2 heterocycles. The van der Waals surface area contributed by atoms with Crippen molar-refractivity contribution >= 4 is 27.7 Å². The van der Waals surface area contributed by atoms with Crippen LogP contribution in [0.1, 0.15) is 16.2 Å². The van der Waals surface area contributed by atoms with Crippen LogP contribution in [0.15, 0.2) is 60.9 Å². The molecule has 0 aliphatic carbocycles. The summed E-state index contributed by atoms with van der Waals surface area (Å²) < 4.78 is 0. The van der Waals surface area contributed by atoms with Crippen LogP contribution < -0.4 is 5.32 Å². The van der Waals surface area contributed by atoms with Crippen LogP contribution in [0.25, 0.3) is 21.8 Å². The summed E-state index contributed by atoms with van der Waals surface area (Å²) in [5, 5.41) is 4.74. The van der Waals surface area contributed by atoms with Gasteiger partial charge in [0, 0.05) is 17.8 Å². The number of imidazole rings is 1. The second-order valence-electron chi connectivity index (χ2n) is 5.29. The third kappa shape index (κ3) is 2.53. The number of rotatable bonds is 3. The molecule has 0 bridgehead atoms. The number of fused-ring (bicyclic) bond motifs is 2. The van der Waals surface area contributed by atoms with E-state index in [-0.39, 0.29) is 5.91 Å². The van der Waals surface area contributed by atoms with Crippen molar-refractivity contribution < 1.29 is 4.79 Å². The van der Waals surface area contributed by atoms with E-state index in [4.69, 9.17) is 0 Å². The Morgan fingerprint density at radius 1 is 1.04 bits per heavy atom. The molecule has 4 aromatic rings. The maximum absolute atomic E-state index is 12.5. The van der Waals surface area contributed by atoms with Crippen molar-refractivity contribution in [3.05, 3.63) is 72.3 Å². The maximum atomic E-state index is 12.5. The summed E-state index contributed by atoms with van der Waals surface area (Å²) in [6, 6.07) is 15.5. The van der Waals surface area contributed by atoms with Crippen LogP contribution >= 0.6 is 0 Å². The van der Waals surface area contributed by atoms with Gasteiger partial charge >= 0.3 is 0 Å². The summed E-state index contributed by atoms with van der Waals surface area (Å²) in [6.07, 6.45) is 3.35. The van der Waals surface area contributed by atoms with Crippen LogP contribution in [0.2, 0.25) is 0 Å². The van der Waals surface area contributed by atoms with Gasteiger partial charge in [0.25, 0.3) is 5.91 Å². The number of nitrogens with one attached hydrogen (secondary N) is 2. The quantitative estimate of drug-likeness (QED) is 0.611. The van der Waals surface area contributed by atoms with Crippen molar-refractivity contribution in [3.63, 3.8) is 0 Å². The standard InChI is InChI=1S/C18H14N4O/c23-18(14-10-19-9-12-5-1-2-6-13(12)14)20-11-17-21-15-7-3-4-8-16(15)22-17/h1-10H,11H2,(H,20,23)(H,21,22). The monoisotopic (exact) mass is 302 g/mol. The van der Waals surface area contributed by atoms with E-state index in [1.54, 1.807) is 12.4 Å². The number of nitrogens with zero attached hydrogens (tertiary/aromatic N) is 2. The second kappa shape index (κ2) is 5.53. The largest absolute Gasteiger partial charge is 0.345 e. The highest BCUT2D eigenvalue weighted by Gasteiger charge is 2.11. The first-order valence-electron chi connectivity index (χ1n) is 7.36. The average molecular weight is 302 g/mol. The summed E-state index contributed by atoms with van der Waals surface area (Å²) >= 11 is 0. The lowest BCUT2D eigenvalue weighted by molar-refractivity contribution is 0.0951. The van der Waals surface area contributed by atoms with Gasteiger partial charge in [-0.25, -0.2) is 4.98 Å². The lowest BCUT2D eigenvalue weighted by Crippen LogP contribution is -2.23. The molecule has 0 saturated carbocycles. The Hall–Kier alpha value is -3.21. The van der Waals surface area contributed by atoms with E-state index < -0.39 is 0 Å². The van der Waals surface area contributed by atoms with Crippen LogP contribution in [-0.2, 0) is 6.54 Å². The summed E-state index contributed by atoms with van der Waals surface area (Å²) in [4.78, 5) is 24.2. The zero-order valence-corrected chi connectivity index (χ0v) is 12.3. The van der Waals surface area contributed by atoms with E-state index in [0.717, 1.165) is 27.6 Å². The van der Waals surface area contributed by atoms with Crippen LogP contribution in [0.3, 0.4) is 0 Å². The third-order valence-electron chi connectivity index (χ3n) is 3.77. The van der Waals surface area contributed by atoms with Crippen molar-refractivity contribution in [2.75, 3.05) is 0 Å². The summed E-state index contributed by atoms with van der Waals surface area (Å²) in [5.74, 6) is 0.572. The lowest BCUT2D eigenvalue weighted by atomic mass is 10.1. The highest BCUT2D eigenvalue weighted by Crippen LogP contribution is 2.17. The molecule has 112 valence electrons. The Bertz CT molecular complexity index is 968. The number of pyridine rings is 1. The van der Waals surface area contributed by atoms with Gasteiger partial charge in [0.15, 0.2) is 0 Å². The van der Waals surface area contributed by atoms with Crippen molar-refractivity contribution in [3.8, 4) is 0 Å². The molecule has 23 heavy (non-hydrogen) atoms. The molecule has 0 spiro atoms. The minimum atomic E-state index is -0.158. The number of H-pyrrole nitrogens is 1. The van der Waals surface area contributed by atoms with Gasteiger partial charge < -0.3 is 10.3 Å². The number of hydrogen-bond donors (Lipinski definition) is 2. The fourth-order valence-electron chi connectivity index (χ4n) is 2.65. The topological polar surface area (TPSA) is 70.7 Å². The number of para-hydroxylation sites is 2. The lowest BCUT2D eigenvalue weighted by Gasteiger charge is -2.06. The predicted octanol–water partition coefficient (Wildman–Crippen LogP) is 3.04. The third-order valence-corrected chi connectivity index (χ3v) is 3.77. The molecule has 0 aliphatic rings. The van der Waals surface area contributed by atoms with E-state index in [0.29, 0.717) is 12.1 Å². The Morgan fingerprint density at radius 3 is 2.78 bits per heavy atom. The van der Waals surface area contributed by atoms with E-state index in [2.05, 4.69) is 20.3 Å². The smallest absolute Gasteiger partial charge is 0.253 e. The molecule has 0 saturated heterocycles. The molecule has 0 atom stereocenters. The molecule has 0 radical (unpaired) electrons. The number of aromatic nitrogens is 3. The van der Waals surface area contributed by atoms with Crippen molar-refractivity contribution in [2.45, 2.75) is 6.54 Å². The molecule has 0 fully saturated rings. The molecular formula is C18H14N4O. The van der Waals surface area contributed by atoms with Crippen LogP contribution in [-0.4, -0.2) is 20.9 Å². The minimum Gasteiger partial charge on any atom is -0.345 e. The zero-order valence-electron chi connectivity index (χ0n) is 12.3. The fraction of sp³-hybridized carbons (Fsp3) is 0.0556. The summed E-state index contributed by atoms with van der Waals surface area (Å²) in [7, 11) is 0. The fourth-order valence-corrected chi connectivity index (χ4v) is 2.65. The summed E-state index contributed by atoms with van der Waals surface area (Å²) in [5.41, 5.74) is 2.42. The van der Waals surface area contributed by atoms with Crippen molar-refractivity contribution in [1.29, 1.82) is 0 Å². The Balaban J connectivity index is 1.57. The molecule has 5 heteroatoms. The van der Waals surface area contributed by atoms with Gasteiger partial charge in [-0.1, -0.05) is 36.4 Å². The first kappa shape index (κ1) is 13.5. The molecule has 4 rings (SSSR count). The molecule has 0 aliphatic heterocycles. The number of benzene rings is 2. The number of carbonyl (C=O) groups is 1. The van der Waals surface area contributed by atoms with E-state index >= 15 is 0 Å². The summed E-state index contributed by atoms with van der Waals surface area (Å²) in [6.45, 7) is 0.344. The van der Waals surface area contributed by atoms with Gasteiger partial charge in [0.1, 0.15) is 5.82 Å². The Kier molecular flexibility index (Phi) is 3.24. The van der Waals surface area contributed by atoms with Crippen LogP contribution in [0.4, 0.5) is 0 Å². The molecule has 1 amide bonds. The van der Waals surface area contributed by atoms with E-state index in [9.17, 15) is 4.79 Å². The number of hydrogen-bond acceptors (Lipinski definition) is 3. The van der Waals surface area contributed by atoms with Gasteiger partial charge in [0.05, 0.1) is 23.1 Å². The van der Waals surface area contributed by atoms with Crippen molar-refractivity contribution in [1.82, 2.24) is 20.3 Å². The van der Waals surface area contributed by atoms with Gasteiger partial charge in [-0.15, -0.1) is 0 Å². The normalized spacial score (nSPS) is 11.0. The SMILES string of the molecule is O=C(NCc1nc2ccccc2[nH]1)c1cncc2ccccc12. The van der Waals surface area contributed by atoms with E-state index in [1.807, 2.05) is 48.5 Å². The first-order valence-corrected chi connectivity index (χ1v) is 7.36. The maximum Gasteiger partial charge on any atom is 0.253 e. The van der Waals surface area contributed by atoms with Crippen molar-refractivity contribution in [2.24, 2.45) is 0 Å². The Morgan fingerprint density at radius 2 is 1.87 bits per heavy atom. The minimum absolute atomic E-state index is 0.158. The second-order valence-corrected chi connectivity index (χ2v) is 5.29. The molecule has 0 unspecified atom stereocenters. The predicted molar refractivity (Wildman–Crippen MR) is 89.0 cm³/mol. The van der Waals surface area contributed by atoms with Gasteiger partial charge in [-0.2, -0.15) is 0 Å². The average Bonchev–Trinajstić information content (AvgIpc) is 3.02. The highest BCUT2D eigenvalue weighted by atomic mass is 16.1. The first-order chi connectivity index (χ1) is 11.3. The highest BCUT2D eigenvalue weighted by molar-refractivity contribution is 6.06. The Labute approximate surface area is 132 Å². The molecular weight excluding hydrogens is 288 g/mol. The molecule has 2 N–H and O–H groups in total. The van der Waals surface area contributed by atoms with Gasteiger partial charge in [-0.05, 0) is 17.5 Å². The zero-order chi connectivity index (χ0) is 15.6. The number of carbonyl (C=O) groups excluding carboxylic acids is 1. The molecule has 2 aromatic heterocycles. The molecule has 5 nitrogen and oxygen atoms in total. The van der Waals surface area contributed by atoms with E-state index in [1.165, 1.54) is 0 Å². The van der Waals surface area contributed by atoms with Crippen LogP contribution in [0, 0.1) is 0 Å².